The summed E-state index contributed by atoms with van der Waals surface area (Å²) >= 11 is 10.1. The first kappa shape index (κ1) is 18.1. The topological polar surface area (TPSA) is 70.1 Å². The molecule has 0 unspecified atom stereocenters. The number of pyridine rings is 1. The van der Waals surface area contributed by atoms with Crippen molar-refractivity contribution in [1.82, 2.24) is 23.0 Å². The molecule has 1 fully saturated rings. The van der Waals surface area contributed by atoms with Gasteiger partial charge in [0.2, 0.25) is 5.95 Å². The molecule has 10 heteroatoms. The van der Waals surface area contributed by atoms with E-state index in [4.69, 9.17) is 21.6 Å². The molecule has 7 nitrogen and oxygen atoms in total. The molecular weight excluding hydrogens is 485 g/mol. The van der Waals surface area contributed by atoms with Crippen molar-refractivity contribution in [2.45, 2.75) is 6.42 Å². The summed E-state index contributed by atoms with van der Waals surface area (Å²) in [7, 11) is 0. The summed E-state index contributed by atoms with van der Waals surface area (Å²) in [6.45, 7) is 4.56. The van der Waals surface area contributed by atoms with Gasteiger partial charge < -0.3 is 10.2 Å². The van der Waals surface area contributed by atoms with Gasteiger partial charge in [0, 0.05) is 79.0 Å². The summed E-state index contributed by atoms with van der Waals surface area (Å²) in [5.74, 6) is 1.53. The van der Waals surface area contributed by atoms with Gasteiger partial charge in [0.25, 0.3) is 0 Å². The zero-order chi connectivity index (χ0) is 17.9. The highest BCUT2D eigenvalue weighted by molar-refractivity contribution is 14.1. The summed E-state index contributed by atoms with van der Waals surface area (Å²) in [6, 6.07) is 1.81. The molecule has 26 heavy (non-hydrogen) atoms. The van der Waals surface area contributed by atoms with Crippen LogP contribution >= 0.6 is 45.8 Å². The first-order valence-corrected chi connectivity index (χ1v) is 10.5. The van der Waals surface area contributed by atoms with Crippen LogP contribution in [0.3, 0.4) is 0 Å². The van der Waals surface area contributed by atoms with Crippen molar-refractivity contribution in [2.24, 2.45) is 0 Å². The quantitative estimate of drug-likeness (QED) is 0.327. The number of rotatable bonds is 5. The predicted molar refractivity (Wildman–Crippen MR) is 114 cm³/mol. The fourth-order valence-electron chi connectivity index (χ4n) is 2.82. The summed E-state index contributed by atoms with van der Waals surface area (Å²) in [5, 5.41) is 7.86. The van der Waals surface area contributed by atoms with Crippen LogP contribution in [0.2, 0.25) is 5.15 Å². The van der Waals surface area contributed by atoms with Gasteiger partial charge in [0.15, 0.2) is 0 Å². The Morgan fingerprint density at radius 2 is 2.04 bits per heavy atom. The van der Waals surface area contributed by atoms with Crippen molar-refractivity contribution in [3.05, 3.63) is 34.0 Å². The molecule has 0 aliphatic carbocycles. The highest BCUT2D eigenvalue weighted by Gasteiger charge is 2.19. The third-order valence-corrected chi connectivity index (χ3v) is 6.17. The second-order valence-electron chi connectivity index (χ2n) is 5.90. The molecule has 0 atom stereocenters. The van der Waals surface area contributed by atoms with E-state index in [0.717, 1.165) is 66.8 Å². The van der Waals surface area contributed by atoms with Gasteiger partial charge >= 0.3 is 0 Å². The minimum absolute atomic E-state index is 0.440. The first-order chi connectivity index (χ1) is 12.7. The van der Waals surface area contributed by atoms with E-state index in [-0.39, 0.29) is 0 Å². The Morgan fingerprint density at radius 3 is 2.81 bits per heavy atom. The van der Waals surface area contributed by atoms with Crippen LogP contribution in [0.5, 0.6) is 0 Å². The van der Waals surface area contributed by atoms with Gasteiger partial charge in [-0.05, 0) is 6.07 Å². The second-order valence-corrected chi connectivity index (χ2v) is 8.63. The number of halogens is 2. The molecule has 0 amide bonds. The summed E-state index contributed by atoms with van der Waals surface area (Å²) in [5.41, 5.74) is 0.799. The van der Waals surface area contributed by atoms with Crippen LogP contribution in [0, 0.1) is 0 Å². The molecule has 3 aromatic heterocycles. The van der Waals surface area contributed by atoms with Gasteiger partial charge in [0.1, 0.15) is 11.0 Å². The zero-order valence-corrected chi connectivity index (χ0v) is 17.6. The van der Waals surface area contributed by atoms with Crippen molar-refractivity contribution >= 4 is 68.5 Å². The molecular formula is C16H17ClIN7S. The molecule has 1 aliphatic heterocycles. The molecule has 0 saturated carbocycles. The minimum atomic E-state index is 0.440. The molecule has 3 aromatic rings. The van der Waals surface area contributed by atoms with Crippen LogP contribution < -0.4 is 10.2 Å². The predicted octanol–water partition coefficient (Wildman–Crippen LogP) is 3.26. The van der Waals surface area contributed by atoms with Crippen molar-refractivity contribution in [2.75, 3.05) is 42.9 Å². The highest BCUT2D eigenvalue weighted by Crippen LogP contribution is 2.26. The lowest BCUT2D eigenvalue weighted by atomic mass is 10.3. The fraction of sp³-hybridized carbons (Fsp3) is 0.375. The largest absolute Gasteiger partial charge is 0.369 e. The van der Waals surface area contributed by atoms with E-state index < -0.39 is 0 Å². The SMILES string of the molecule is Clc1cc2c(NCCc3nccs3)nc(N3CCN(I)CC3)nc2cn1. The zero-order valence-electron chi connectivity index (χ0n) is 13.9. The van der Waals surface area contributed by atoms with Crippen LogP contribution in [0.1, 0.15) is 5.01 Å². The Kier molecular flexibility index (Phi) is 5.67. The number of piperazine rings is 1. The average Bonchev–Trinajstić information content (AvgIpc) is 3.16. The van der Waals surface area contributed by atoms with E-state index in [1.807, 2.05) is 17.6 Å². The van der Waals surface area contributed by atoms with E-state index in [1.54, 1.807) is 17.5 Å². The monoisotopic (exact) mass is 501 g/mol. The Morgan fingerprint density at radius 1 is 1.19 bits per heavy atom. The lowest BCUT2D eigenvalue weighted by molar-refractivity contribution is 0.456. The van der Waals surface area contributed by atoms with Gasteiger partial charge in [-0.2, -0.15) is 4.98 Å². The number of nitrogens with zero attached hydrogens (tertiary/aromatic N) is 6. The molecule has 1 saturated heterocycles. The Bertz CT molecular complexity index is 884. The lowest BCUT2D eigenvalue weighted by Gasteiger charge is -2.31. The van der Waals surface area contributed by atoms with Gasteiger partial charge in [-0.1, -0.05) is 11.6 Å². The number of hydrogen-bond donors (Lipinski definition) is 1. The van der Waals surface area contributed by atoms with Crippen LogP contribution in [0.15, 0.2) is 23.8 Å². The molecule has 0 spiro atoms. The third kappa shape index (κ3) is 4.16. The number of aromatic nitrogens is 4. The average molecular weight is 502 g/mol. The van der Waals surface area contributed by atoms with Crippen molar-refractivity contribution < 1.29 is 0 Å². The molecule has 136 valence electrons. The van der Waals surface area contributed by atoms with Crippen molar-refractivity contribution in [1.29, 1.82) is 0 Å². The van der Waals surface area contributed by atoms with Crippen LogP contribution in [0.4, 0.5) is 11.8 Å². The fourth-order valence-corrected chi connectivity index (χ4v) is 4.03. The highest BCUT2D eigenvalue weighted by atomic mass is 127. The van der Waals surface area contributed by atoms with Crippen molar-refractivity contribution in [3.63, 3.8) is 0 Å². The van der Waals surface area contributed by atoms with Gasteiger partial charge in [0.05, 0.1) is 16.7 Å². The van der Waals surface area contributed by atoms with E-state index in [2.05, 4.69) is 46.2 Å². The minimum Gasteiger partial charge on any atom is -0.369 e. The molecule has 0 radical (unpaired) electrons. The molecule has 0 aromatic carbocycles. The van der Waals surface area contributed by atoms with Crippen LogP contribution in [0.25, 0.3) is 10.9 Å². The maximum atomic E-state index is 6.09. The molecule has 4 rings (SSSR count). The van der Waals surface area contributed by atoms with E-state index in [1.165, 1.54) is 0 Å². The van der Waals surface area contributed by atoms with Gasteiger partial charge in [-0.25, -0.2) is 18.1 Å². The number of fused-ring (bicyclic) bond motifs is 1. The van der Waals surface area contributed by atoms with Gasteiger partial charge in [-0.3, -0.25) is 0 Å². The molecule has 1 aliphatic rings. The van der Waals surface area contributed by atoms with Crippen molar-refractivity contribution in [3.8, 4) is 0 Å². The summed E-state index contributed by atoms with van der Waals surface area (Å²) < 4.78 is 2.28. The summed E-state index contributed by atoms with van der Waals surface area (Å²) in [6.07, 6.45) is 4.39. The third-order valence-electron chi connectivity index (χ3n) is 4.16. The number of nitrogens with one attached hydrogen (secondary N) is 1. The lowest BCUT2D eigenvalue weighted by Crippen LogP contribution is -2.43. The molecule has 1 N–H and O–H groups in total. The number of hydrogen-bond acceptors (Lipinski definition) is 8. The number of anilines is 2. The first-order valence-electron chi connectivity index (χ1n) is 8.30. The summed E-state index contributed by atoms with van der Waals surface area (Å²) in [4.78, 5) is 20.2. The maximum Gasteiger partial charge on any atom is 0.228 e. The standard InChI is InChI=1S/C16H17ClIN7S/c17-13-9-11-12(10-21-13)22-16(24-4-6-25(18)7-5-24)23-15(11)20-2-1-14-19-3-8-26-14/h3,8-10H,1-2,4-7H2,(H,20,22,23). The van der Waals surface area contributed by atoms with Gasteiger partial charge in [-0.15, -0.1) is 11.3 Å². The van der Waals surface area contributed by atoms with E-state index in [9.17, 15) is 0 Å². The Balaban J connectivity index is 1.61. The van der Waals surface area contributed by atoms with Crippen LogP contribution in [-0.4, -0.2) is 55.8 Å². The normalized spacial score (nSPS) is 15.5. The van der Waals surface area contributed by atoms with E-state index >= 15 is 0 Å². The van der Waals surface area contributed by atoms with E-state index in [0.29, 0.717) is 5.15 Å². The molecule has 0 bridgehead atoms. The maximum absolute atomic E-state index is 6.09. The Hall–Kier alpha value is -1.30. The second kappa shape index (κ2) is 8.15. The number of thiazole rings is 1. The smallest absolute Gasteiger partial charge is 0.228 e. The molecule has 4 heterocycles. The Labute approximate surface area is 174 Å². The van der Waals surface area contributed by atoms with Crippen LogP contribution in [-0.2, 0) is 6.42 Å².